The average molecular weight is 351 g/mol. The highest BCUT2D eigenvalue weighted by Gasteiger charge is 2.24. The highest BCUT2D eigenvalue weighted by molar-refractivity contribution is 5.85. The molecule has 0 bridgehead atoms. The van der Waals surface area contributed by atoms with Gasteiger partial charge in [-0.15, -0.1) is 0 Å². The number of ether oxygens (including phenoxy) is 2. The van der Waals surface area contributed by atoms with Gasteiger partial charge in [0.25, 0.3) is 0 Å². The third-order valence-electron chi connectivity index (χ3n) is 4.90. The Morgan fingerprint density at radius 1 is 1.15 bits per heavy atom. The fourth-order valence-corrected chi connectivity index (χ4v) is 3.69. The summed E-state index contributed by atoms with van der Waals surface area (Å²) in [5.41, 5.74) is 3.40. The summed E-state index contributed by atoms with van der Waals surface area (Å²) in [6.45, 7) is 0.918. The number of H-pyrrole nitrogens is 1. The Labute approximate surface area is 151 Å². The lowest BCUT2D eigenvalue weighted by atomic mass is 9.98. The van der Waals surface area contributed by atoms with Crippen molar-refractivity contribution in [1.29, 1.82) is 0 Å². The second-order valence-electron chi connectivity index (χ2n) is 6.59. The van der Waals surface area contributed by atoms with Gasteiger partial charge >= 0.3 is 5.97 Å². The van der Waals surface area contributed by atoms with E-state index in [0.717, 1.165) is 40.8 Å². The van der Waals surface area contributed by atoms with Crippen molar-refractivity contribution in [2.75, 3.05) is 13.2 Å². The van der Waals surface area contributed by atoms with Crippen LogP contribution >= 0.6 is 0 Å². The number of fused-ring (bicyclic) bond motifs is 2. The number of hydrogen-bond acceptors (Lipinski definition) is 3. The van der Waals surface area contributed by atoms with Gasteiger partial charge in [-0.05, 0) is 60.2 Å². The van der Waals surface area contributed by atoms with Crippen LogP contribution in [0.15, 0.2) is 48.7 Å². The van der Waals surface area contributed by atoms with E-state index < -0.39 is 5.97 Å². The molecular weight excluding hydrogens is 330 g/mol. The maximum atomic E-state index is 10.9. The molecule has 0 saturated heterocycles. The van der Waals surface area contributed by atoms with Crippen molar-refractivity contribution in [1.82, 2.24) is 4.98 Å². The summed E-state index contributed by atoms with van der Waals surface area (Å²) in [6.07, 6.45) is 3.91. The first-order valence-corrected chi connectivity index (χ1v) is 8.87. The molecule has 2 aromatic carbocycles. The number of carbonyl (C=O) groups is 1. The van der Waals surface area contributed by atoms with Crippen molar-refractivity contribution in [3.63, 3.8) is 0 Å². The second kappa shape index (κ2) is 7.12. The van der Waals surface area contributed by atoms with Crippen LogP contribution in [-0.2, 0) is 11.2 Å². The number of carboxylic acids is 1. The summed E-state index contributed by atoms with van der Waals surface area (Å²) in [4.78, 5) is 14.1. The number of nitrogens with one attached hydrogen (secondary N) is 1. The van der Waals surface area contributed by atoms with Crippen molar-refractivity contribution in [2.24, 2.45) is 0 Å². The predicted octanol–water partition coefficient (Wildman–Crippen LogP) is 4.13. The van der Waals surface area contributed by atoms with E-state index in [1.165, 1.54) is 5.56 Å². The summed E-state index contributed by atoms with van der Waals surface area (Å²) in [5.74, 6) is 1.04. The number of aromatic nitrogens is 1. The quantitative estimate of drug-likeness (QED) is 0.628. The van der Waals surface area contributed by atoms with E-state index in [9.17, 15) is 4.79 Å². The van der Waals surface area contributed by atoms with Gasteiger partial charge in [-0.1, -0.05) is 12.1 Å². The van der Waals surface area contributed by atoms with Crippen LogP contribution in [0.25, 0.3) is 10.9 Å². The van der Waals surface area contributed by atoms with Crippen molar-refractivity contribution in [3.05, 3.63) is 59.8 Å². The monoisotopic (exact) mass is 351 g/mol. The molecule has 0 spiro atoms. The lowest BCUT2D eigenvalue weighted by Crippen LogP contribution is -2.09. The first-order chi connectivity index (χ1) is 12.7. The summed E-state index contributed by atoms with van der Waals surface area (Å²) in [7, 11) is 0. The molecule has 1 aliphatic rings. The number of benzene rings is 2. The largest absolute Gasteiger partial charge is 0.490 e. The lowest BCUT2D eigenvalue weighted by Gasteiger charge is -2.12. The molecular formula is C21H21NO4. The molecule has 5 nitrogen and oxygen atoms in total. The summed E-state index contributed by atoms with van der Waals surface area (Å²) in [5, 5.41) is 10.1. The fourth-order valence-electron chi connectivity index (χ4n) is 3.69. The van der Waals surface area contributed by atoms with Crippen LogP contribution in [0.1, 0.15) is 29.9 Å². The molecule has 3 aromatic rings. The van der Waals surface area contributed by atoms with Gasteiger partial charge in [-0.25, -0.2) is 0 Å². The highest BCUT2D eigenvalue weighted by atomic mass is 16.5. The molecule has 0 aliphatic heterocycles. The zero-order valence-electron chi connectivity index (χ0n) is 14.4. The van der Waals surface area contributed by atoms with Crippen LogP contribution in [0, 0.1) is 0 Å². The topological polar surface area (TPSA) is 71.6 Å². The minimum Gasteiger partial charge on any atom is -0.490 e. The van der Waals surface area contributed by atoms with Gasteiger partial charge in [0.2, 0.25) is 0 Å². The van der Waals surface area contributed by atoms with E-state index in [1.54, 1.807) is 0 Å². The Kier molecular flexibility index (Phi) is 4.52. The maximum Gasteiger partial charge on any atom is 0.303 e. The molecule has 5 heteroatoms. The zero-order chi connectivity index (χ0) is 17.9. The Balaban J connectivity index is 1.33. The predicted molar refractivity (Wildman–Crippen MR) is 99.0 cm³/mol. The Morgan fingerprint density at radius 3 is 2.92 bits per heavy atom. The molecule has 26 heavy (non-hydrogen) atoms. The number of hydrogen-bond donors (Lipinski definition) is 2. The molecule has 4 rings (SSSR count). The van der Waals surface area contributed by atoms with Crippen LogP contribution in [-0.4, -0.2) is 29.3 Å². The highest BCUT2D eigenvalue weighted by Crippen LogP contribution is 2.37. The Morgan fingerprint density at radius 2 is 2.04 bits per heavy atom. The fraction of sp³-hybridized carbons (Fsp3) is 0.286. The number of aryl methyl sites for hydroxylation is 1. The molecule has 1 aromatic heterocycles. The average Bonchev–Trinajstić information content (AvgIpc) is 3.25. The molecule has 0 amide bonds. The van der Waals surface area contributed by atoms with Crippen molar-refractivity contribution in [3.8, 4) is 11.5 Å². The van der Waals surface area contributed by atoms with E-state index in [4.69, 9.17) is 14.6 Å². The molecule has 0 saturated carbocycles. The van der Waals surface area contributed by atoms with Crippen LogP contribution in [0.2, 0.25) is 0 Å². The van der Waals surface area contributed by atoms with Gasteiger partial charge in [0, 0.05) is 17.1 Å². The van der Waals surface area contributed by atoms with Crippen LogP contribution < -0.4 is 9.47 Å². The van der Waals surface area contributed by atoms with E-state index >= 15 is 0 Å². The Hall–Kier alpha value is -2.95. The third-order valence-corrected chi connectivity index (χ3v) is 4.90. The van der Waals surface area contributed by atoms with E-state index in [-0.39, 0.29) is 12.3 Å². The first kappa shape index (κ1) is 16.5. The summed E-state index contributed by atoms with van der Waals surface area (Å²) >= 11 is 0. The molecule has 0 unspecified atom stereocenters. The SMILES string of the molecule is O=C(O)C[C@@H]1CCc2cc(OCCOc3cccc4[nH]ccc34)ccc21. The van der Waals surface area contributed by atoms with Gasteiger partial charge < -0.3 is 19.6 Å². The van der Waals surface area contributed by atoms with Gasteiger partial charge in [0.05, 0.1) is 6.42 Å². The van der Waals surface area contributed by atoms with E-state index in [1.807, 2.05) is 48.7 Å². The maximum absolute atomic E-state index is 10.9. The molecule has 0 radical (unpaired) electrons. The molecule has 1 aliphatic carbocycles. The Bertz CT molecular complexity index is 931. The minimum absolute atomic E-state index is 0.127. The van der Waals surface area contributed by atoms with E-state index in [2.05, 4.69) is 4.98 Å². The van der Waals surface area contributed by atoms with Gasteiger partial charge in [0.1, 0.15) is 24.7 Å². The van der Waals surface area contributed by atoms with Crippen molar-refractivity contribution in [2.45, 2.75) is 25.2 Å². The zero-order valence-corrected chi connectivity index (χ0v) is 14.4. The minimum atomic E-state index is -0.738. The van der Waals surface area contributed by atoms with Gasteiger partial charge in [-0.2, -0.15) is 0 Å². The first-order valence-electron chi connectivity index (χ1n) is 8.87. The van der Waals surface area contributed by atoms with Crippen LogP contribution in [0.3, 0.4) is 0 Å². The number of aliphatic carboxylic acids is 1. The normalized spacial score (nSPS) is 15.8. The van der Waals surface area contributed by atoms with Crippen molar-refractivity contribution >= 4 is 16.9 Å². The van der Waals surface area contributed by atoms with Gasteiger partial charge in [-0.3, -0.25) is 4.79 Å². The smallest absolute Gasteiger partial charge is 0.303 e. The van der Waals surface area contributed by atoms with Crippen molar-refractivity contribution < 1.29 is 19.4 Å². The lowest BCUT2D eigenvalue weighted by molar-refractivity contribution is -0.137. The summed E-state index contributed by atoms with van der Waals surface area (Å²) in [6, 6.07) is 13.9. The van der Waals surface area contributed by atoms with Gasteiger partial charge in [0.15, 0.2) is 0 Å². The van der Waals surface area contributed by atoms with Crippen LogP contribution in [0.5, 0.6) is 11.5 Å². The number of carboxylic acid groups (broad SMARTS) is 1. The number of rotatable bonds is 7. The molecule has 1 atom stereocenters. The van der Waals surface area contributed by atoms with Crippen LogP contribution in [0.4, 0.5) is 0 Å². The van der Waals surface area contributed by atoms with E-state index in [0.29, 0.717) is 13.2 Å². The molecule has 2 N–H and O–H groups in total. The number of aromatic amines is 1. The molecule has 0 fully saturated rings. The standard InChI is InChI=1S/C21H21NO4/c23-21(24)13-15-5-4-14-12-16(6-7-17(14)15)25-10-11-26-20-3-1-2-19-18(20)8-9-22-19/h1-3,6-9,12,15,22H,4-5,10-11,13H2,(H,23,24)/t15-/m0/s1. The molecule has 1 heterocycles. The second-order valence-corrected chi connectivity index (χ2v) is 6.59. The third kappa shape index (κ3) is 3.38. The molecule has 134 valence electrons. The summed E-state index contributed by atoms with van der Waals surface area (Å²) < 4.78 is 11.7.